The van der Waals surface area contributed by atoms with Crippen LogP contribution in [0.3, 0.4) is 0 Å². The average Bonchev–Trinajstić information content (AvgIpc) is 3.01. The van der Waals surface area contributed by atoms with E-state index in [1.807, 2.05) is 37.3 Å². The van der Waals surface area contributed by atoms with Gasteiger partial charge < -0.3 is 4.74 Å². The maximum Gasteiger partial charge on any atom is 0.432 e. The van der Waals surface area contributed by atoms with Crippen LogP contribution in [0.1, 0.15) is 36.5 Å². The fourth-order valence-corrected chi connectivity index (χ4v) is 5.25. The minimum atomic E-state index is -4.51. The van der Waals surface area contributed by atoms with Crippen LogP contribution < -0.4 is 4.74 Å². The summed E-state index contributed by atoms with van der Waals surface area (Å²) in [5.74, 6) is -6.35. The maximum atomic E-state index is 15.3. The zero-order chi connectivity index (χ0) is 33.0. The molecule has 0 unspecified atom stereocenters. The third-order valence-electron chi connectivity index (χ3n) is 7.61. The molecule has 5 aromatic rings. The Kier molecular flexibility index (Phi) is 9.65. The molecular formula is C38H29F7O. The van der Waals surface area contributed by atoms with Crippen LogP contribution in [-0.2, 0) is 19.0 Å². The van der Waals surface area contributed by atoms with E-state index >= 15 is 8.78 Å². The van der Waals surface area contributed by atoms with Gasteiger partial charge >= 0.3 is 6.11 Å². The molecule has 1 nitrogen and oxygen atoms in total. The fraction of sp³-hybridized carbons (Fsp3) is 0.158. The summed E-state index contributed by atoms with van der Waals surface area (Å²) in [6.07, 6.45) is 0.00988. The smallest absolute Gasteiger partial charge is 0.429 e. The number of benzene rings is 5. The number of halogens is 7. The molecule has 0 bridgehead atoms. The van der Waals surface area contributed by atoms with Crippen molar-refractivity contribution in [3.8, 4) is 39.1 Å². The molecule has 0 atom stereocenters. The molecule has 46 heavy (non-hydrogen) atoms. The van der Waals surface area contributed by atoms with Crippen molar-refractivity contribution in [2.24, 2.45) is 0 Å². The van der Waals surface area contributed by atoms with E-state index in [0.29, 0.717) is 30.5 Å². The van der Waals surface area contributed by atoms with Gasteiger partial charge in [-0.3, -0.25) is 0 Å². The lowest BCUT2D eigenvalue weighted by atomic mass is 9.96. The van der Waals surface area contributed by atoms with Crippen LogP contribution in [0.4, 0.5) is 30.7 Å². The molecule has 0 aliphatic rings. The lowest BCUT2D eigenvalue weighted by Gasteiger charge is -2.20. The van der Waals surface area contributed by atoms with Gasteiger partial charge in [-0.15, -0.1) is 6.58 Å². The van der Waals surface area contributed by atoms with Gasteiger partial charge in [-0.05, 0) is 83.0 Å². The number of aryl methyl sites for hydroxylation is 2. The van der Waals surface area contributed by atoms with Crippen molar-refractivity contribution >= 4 is 0 Å². The van der Waals surface area contributed by atoms with E-state index in [1.165, 1.54) is 30.3 Å². The van der Waals surface area contributed by atoms with Crippen LogP contribution in [0.25, 0.3) is 33.4 Å². The highest BCUT2D eigenvalue weighted by molar-refractivity contribution is 5.74. The van der Waals surface area contributed by atoms with Crippen LogP contribution in [0.15, 0.2) is 104 Å². The van der Waals surface area contributed by atoms with E-state index in [0.717, 1.165) is 42.2 Å². The van der Waals surface area contributed by atoms with Crippen LogP contribution >= 0.6 is 0 Å². The van der Waals surface area contributed by atoms with Gasteiger partial charge in [0.25, 0.3) is 0 Å². The topological polar surface area (TPSA) is 9.23 Å². The van der Waals surface area contributed by atoms with E-state index in [2.05, 4.69) is 11.3 Å². The van der Waals surface area contributed by atoms with Gasteiger partial charge in [-0.1, -0.05) is 74.0 Å². The number of rotatable bonds is 11. The normalized spacial score (nSPS) is 11.5. The highest BCUT2D eigenvalue weighted by Gasteiger charge is 2.41. The maximum absolute atomic E-state index is 15.3. The summed E-state index contributed by atoms with van der Waals surface area (Å²) in [7, 11) is 0. The number of hydrogen-bond acceptors (Lipinski definition) is 1. The zero-order valence-electron chi connectivity index (χ0n) is 24.8. The number of ether oxygens (including phenoxy) is 1. The minimum absolute atomic E-state index is 0.0977. The SMILES string of the molecule is C=CCCc1ccc(-c2ccc(-c3ccc(-c4cc(F)c(C(F)(F)Oc5ccc(CCC)c(F)c5)c(F)c4)c(F)c3)c(F)c2)cc1. The van der Waals surface area contributed by atoms with Gasteiger partial charge in [0.05, 0.1) is 0 Å². The Morgan fingerprint density at radius 1 is 0.609 bits per heavy atom. The molecule has 8 heteroatoms. The van der Waals surface area contributed by atoms with Crippen molar-refractivity contribution in [3.63, 3.8) is 0 Å². The Bertz CT molecular complexity index is 1860. The molecule has 0 N–H and O–H groups in total. The van der Waals surface area contributed by atoms with E-state index < -0.39 is 46.5 Å². The van der Waals surface area contributed by atoms with Gasteiger partial charge in [-0.25, -0.2) is 22.0 Å². The predicted molar refractivity (Wildman–Crippen MR) is 166 cm³/mol. The first kappa shape index (κ1) is 32.5. The summed E-state index contributed by atoms with van der Waals surface area (Å²) >= 11 is 0. The van der Waals surface area contributed by atoms with Gasteiger partial charge in [0, 0.05) is 17.2 Å². The number of alkyl halides is 2. The van der Waals surface area contributed by atoms with Gasteiger partial charge in [0.15, 0.2) is 0 Å². The van der Waals surface area contributed by atoms with Crippen molar-refractivity contribution in [1.82, 2.24) is 0 Å². The van der Waals surface area contributed by atoms with Gasteiger partial charge in [0.2, 0.25) is 0 Å². The molecule has 0 saturated carbocycles. The van der Waals surface area contributed by atoms with E-state index in [1.54, 1.807) is 6.07 Å². The first-order chi connectivity index (χ1) is 22.0. The Morgan fingerprint density at radius 2 is 1.17 bits per heavy atom. The Labute approximate surface area is 262 Å². The van der Waals surface area contributed by atoms with Crippen molar-refractivity contribution in [2.45, 2.75) is 38.7 Å². The second-order valence-corrected chi connectivity index (χ2v) is 10.9. The largest absolute Gasteiger partial charge is 0.432 e. The Balaban J connectivity index is 1.37. The summed E-state index contributed by atoms with van der Waals surface area (Å²) in [4.78, 5) is 0. The standard InChI is InChI=1S/C38H29F7O/c1-3-5-7-23-8-10-24(11-9-23)26-13-16-30(33(40)18-26)27-14-17-31(34(41)19-27)28-20-35(42)37(36(43)21-28)38(44,45)46-29-15-12-25(6-4-2)32(39)22-29/h3,8-22H,1,4-7H2,2H3. The quantitative estimate of drug-likeness (QED) is 0.104. The predicted octanol–water partition coefficient (Wildman–Crippen LogP) is 11.6. The van der Waals surface area contributed by atoms with Crippen LogP contribution in [-0.4, -0.2) is 0 Å². The Hall–Kier alpha value is -4.85. The first-order valence-corrected chi connectivity index (χ1v) is 14.7. The van der Waals surface area contributed by atoms with E-state index in [-0.39, 0.29) is 27.8 Å². The second kappa shape index (κ2) is 13.6. The highest BCUT2D eigenvalue weighted by atomic mass is 19.3. The summed E-state index contributed by atoms with van der Waals surface area (Å²) in [5.41, 5.74) is 0.737. The van der Waals surface area contributed by atoms with Crippen LogP contribution in [0, 0.1) is 29.1 Å². The highest BCUT2D eigenvalue weighted by Crippen LogP contribution is 2.38. The molecule has 0 fully saturated rings. The average molecular weight is 635 g/mol. The summed E-state index contributed by atoms with van der Waals surface area (Å²) in [6, 6.07) is 19.9. The van der Waals surface area contributed by atoms with Gasteiger partial charge in [0.1, 0.15) is 40.4 Å². The molecule has 0 saturated heterocycles. The molecule has 0 radical (unpaired) electrons. The summed E-state index contributed by atoms with van der Waals surface area (Å²) < 4.78 is 109. The van der Waals surface area contributed by atoms with Crippen molar-refractivity contribution in [1.29, 1.82) is 0 Å². The molecule has 0 amide bonds. The third-order valence-corrected chi connectivity index (χ3v) is 7.61. The third kappa shape index (κ3) is 7.01. The molecule has 236 valence electrons. The first-order valence-electron chi connectivity index (χ1n) is 14.7. The molecule has 0 aliphatic heterocycles. The molecule has 0 aromatic heterocycles. The lowest BCUT2D eigenvalue weighted by molar-refractivity contribution is -0.189. The molecule has 0 aliphatic carbocycles. The lowest BCUT2D eigenvalue weighted by Crippen LogP contribution is -2.25. The summed E-state index contributed by atoms with van der Waals surface area (Å²) in [5, 5.41) is 0. The molecule has 0 heterocycles. The summed E-state index contributed by atoms with van der Waals surface area (Å²) in [6.45, 7) is 5.53. The number of hydrogen-bond donors (Lipinski definition) is 0. The zero-order valence-corrected chi connectivity index (χ0v) is 24.8. The second-order valence-electron chi connectivity index (χ2n) is 10.9. The minimum Gasteiger partial charge on any atom is -0.429 e. The van der Waals surface area contributed by atoms with E-state index in [4.69, 9.17) is 0 Å². The van der Waals surface area contributed by atoms with Crippen LogP contribution in [0.5, 0.6) is 5.75 Å². The molecular weight excluding hydrogens is 605 g/mol. The Morgan fingerprint density at radius 3 is 1.76 bits per heavy atom. The van der Waals surface area contributed by atoms with E-state index in [9.17, 15) is 22.0 Å². The van der Waals surface area contributed by atoms with Crippen molar-refractivity contribution < 1.29 is 35.5 Å². The number of allylic oxidation sites excluding steroid dienone is 1. The van der Waals surface area contributed by atoms with Crippen LogP contribution in [0.2, 0.25) is 0 Å². The molecule has 5 aromatic carbocycles. The van der Waals surface area contributed by atoms with Gasteiger partial charge in [-0.2, -0.15) is 8.78 Å². The fourth-order valence-electron chi connectivity index (χ4n) is 5.25. The molecule has 0 spiro atoms. The van der Waals surface area contributed by atoms with Crippen molar-refractivity contribution in [3.05, 3.63) is 149 Å². The van der Waals surface area contributed by atoms with Crippen molar-refractivity contribution in [2.75, 3.05) is 0 Å². The molecule has 5 rings (SSSR count). The monoisotopic (exact) mass is 634 g/mol.